The molecule has 2 atom stereocenters. The normalized spacial score (nSPS) is 25.9. The van der Waals surface area contributed by atoms with Gasteiger partial charge < -0.3 is 5.73 Å². The molecular formula is C16H17FN2. The molecule has 2 N–H and O–H groups in total. The molecule has 2 nitrogen and oxygen atoms in total. The fraction of sp³-hybridized carbons (Fsp3) is 0.312. The molecule has 1 aromatic heterocycles. The van der Waals surface area contributed by atoms with Gasteiger partial charge in [-0.25, -0.2) is 4.39 Å². The highest BCUT2D eigenvalue weighted by molar-refractivity contribution is 5.45. The SMILES string of the molecule is CC1CCC(N)(c2cncc(F)c2)c2ccccc21. The van der Waals surface area contributed by atoms with Crippen molar-refractivity contribution in [3.05, 3.63) is 65.2 Å². The fourth-order valence-corrected chi connectivity index (χ4v) is 3.02. The third-order valence-electron chi connectivity index (χ3n) is 4.16. The summed E-state index contributed by atoms with van der Waals surface area (Å²) in [5.41, 5.74) is 9.11. The van der Waals surface area contributed by atoms with Crippen molar-refractivity contribution in [2.75, 3.05) is 0 Å². The first kappa shape index (κ1) is 12.3. The molecule has 0 spiro atoms. The summed E-state index contributed by atoms with van der Waals surface area (Å²) >= 11 is 0. The number of nitrogens with two attached hydrogens (primary N) is 1. The summed E-state index contributed by atoms with van der Waals surface area (Å²) in [4.78, 5) is 3.94. The molecule has 0 aliphatic heterocycles. The van der Waals surface area contributed by atoms with Gasteiger partial charge in [0.05, 0.1) is 11.7 Å². The lowest BCUT2D eigenvalue weighted by Gasteiger charge is -2.38. The van der Waals surface area contributed by atoms with Crippen molar-refractivity contribution in [3.63, 3.8) is 0 Å². The third kappa shape index (κ3) is 1.94. The molecule has 2 aromatic rings. The maximum absolute atomic E-state index is 13.4. The van der Waals surface area contributed by atoms with E-state index in [-0.39, 0.29) is 5.82 Å². The number of aromatic nitrogens is 1. The maximum Gasteiger partial charge on any atom is 0.141 e. The van der Waals surface area contributed by atoms with Gasteiger partial charge in [0.2, 0.25) is 0 Å². The van der Waals surface area contributed by atoms with Crippen LogP contribution in [0.3, 0.4) is 0 Å². The lowest BCUT2D eigenvalue weighted by Crippen LogP contribution is -2.42. The van der Waals surface area contributed by atoms with E-state index in [0.717, 1.165) is 24.0 Å². The Morgan fingerprint density at radius 1 is 1.32 bits per heavy atom. The van der Waals surface area contributed by atoms with Gasteiger partial charge in [-0.3, -0.25) is 4.98 Å². The number of benzene rings is 1. The molecule has 2 unspecified atom stereocenters. The minimum absolute atomic E-state index is 0.335. The van der Waals surface area contributed by atoms with Gasteiger partial charge in [-0.15, -0.1) is 0 Å². The summed E-state index contributed by atoms with van der Waals surface area (Å²) in [5, 5.41) is 0. The second-order valence-corrected chi connectivity index (χ2v) is 5.39. The largest absolute Gasteiger partial charge is 0.318 e. The van der Waals surface area contributed by atoms with Crippen LogP contribution < -0.4 is 5.73 Å². The predicted molar refractivity (Wildman–Crippen MR) is 73.3 cm³/mol. The number of pyridine rings is 1. The van der Waals surface area contributed by atoms with E-state index in [4.69, 9.17) is 5.73 Å². The number of fused-ring (bicyclic) bond motifs is 1. The molecule has 1 aromatic carbocycles. The standard InChI is InChI=1S/C16H17FN2/c1-11-6-7-16(18,12-8-13(17)10-19-9-12)15-5-3-2-4-14(11)15/h2-5,8-11H,6-7,18H2,1H3. The Hall–Kier alpha value is -1.74. The average Bonchev–Trinajstić information content (AvgIpc) is 2.43. The Morgan fingerprint density at radius 2 is 2.11 bits per heavy atom. The Kier molecular flexibility index (Phi) is 2.86. The molecule has 0 bridgehead atoms. The number of halogens is 1. The minimum Gasteiger partial charge on any atom is -0.318 e. The van der Waals surface area contributed by atoms with Crippen LogP contribution in [-0.4, -0.2) is 4.98 Å². The van der Waals surface area contributed by atoms with Crippen LogP contribution in [0.1, 0.15) is 42.4 Å². The van der Waals surface area contributed by atoms with Gasteiger partial charge in [-0.2, -0.15) is 0 Å². The highest BCUT2D eigenvalue weighted by Crippen LogP contribution is 2.43. The van der Waals surface area contributed by atoms with E-state index < -0.39 is 5.54 Å². The topological polar surface area (TPSA) is 38.9 Å². The molecular weight excluding hydrogens is 239 g/mol. The van der Waals surface area contributed by atoms with Crippen LogP contribution in [0.25, 0.3) is 0 Å². The van der Waals surface area contributed by atoms with Crippen molar-refractivity contribution in [1.82, 2.24) is 4.98 Å². The Bertz CT molecular complexity index is 611. The Morgan fingerprint density at radius 3 is 2.89 bits per heavy atom. The monoisotopic (exact) mass is 256 g/mol. The van der Waals surface area contributed by atoms with Crippen molar-refractivity contribution >= 4 is 0 Å². The van der Waals surface area contributed by atoms with E-state index in [0.29, 0.717) is 5.92 Å². The Labute approximate surface area is 112 Å². The van der Waals surface area contributed by atoms with Crippen LogP contribution in [-0.2, 0) is 5.54 Å². The first-order valence-corrected chi connectivity index (χ1v) is 6.60. The molecule has 0 fully saturated rings. The van der Waals surface area contributed by atoms with Gasteiger partial charge in [0.15, 0.2) is 0 Å². The molecule has 1 aliphatic rings. The zero-order valence-electron chi connectivity index (χ0n) is 10.9. The van der Waals surface area contributed by atoms with E-state index in [9.17, 15) is 4.39 Å². The Balaban J connectivity index is 2.18. The minimum atomic E-state index is -0.627. The molecule has 98 valence electrons. The van der Waals surface area contributed by atoms with E-state index in [1.165, 1.54) is 17.8 Å². The van der Waals surface area contributed by atoms with Crippen LogP contribution in [0, 0.1) is 5.82 Å². The molecule has 0 saturated carbocycles. The highest BCUT2D eigenvalue weighted by Gasteiger charge is 2.37. The third-order valence-corrected chi connectivity index (χ3v) is 4.16. The van der Waals surface area contributed by atoms with Crippen LogP contribution >= 0.6 is 0 Å². The van der Waals surface area contributed by atoms with Gasteiger partial charge in [-0.1, -0.05) is 31.2 Å². The second-order valence-electron chi connectivity index (χ2n) is 5.39. The van der Waals surface area contributed by atoms with Gasteiger partial charge in [0, 0.05) is 6.20 Å². The molecule has 1 heterocycles. The van der Waals surface area contributed by atoms with Gasteiger partial charge >= 0.3 is 0 Å². The molecule has 19 heavy (non-hydrogen) atoms. The molecule has 3 rings (SSSR count). The summed E-state index contributed by atoms with van der Waals surface area (Å²) in [6.45, 7) is 2.21. The number of hydrogen-bond donors (Lipinski definition) is 1. The van der Waals surface area contributed by atoms with E-state index in [1.54, 1.807) is 6.20 Å². The molecule has 3 heteroatoms. The molecule has 0 radical (unpaired) electrons. The van der Waals surface area contributed by atoms with E-state index in [1.807, 2.05) is 12.1 Å². The van der Waals surface area contributed by atoms with Crippen molar-refractivity contribution in [2.24, 2.45) is 5.73 Å². The average molecular weight is 256 g/mol. The quantitative estimate of drug-likeness (QED) is 0.850. The van der Waals surface area contributed by atoms with Gasteiger partial charge in [0.1, 0.15) is 5.82 Å². The van der Waals surface area contributed by atoms with Crippen LogP contribution in [0.2, 0.25) is 0 Å². The summed E-state index contributed by atoms with van der Waals surface area (Å²) in [7, 11) is 0. The van der Waals surface area contributed by atoms with Crippen molar-refractivity contribution in [3.8, 4) is 0 Å². The van der Waals surface area contributed by atoms with Crippen molar-refractivity contribution in [1.29, 1.82) is 0 Å². The first-order chi connectivity index (χ1) is 9.11. The van der Waals surface area contributed by atoms with Crippen LogP contribution in [0.15, 0.2) is 42.7 Å². The van der Waals surface area contributed by atoms with Crippen molar-refractivity contribution < 1.29 is 4.39 Å². The number of rotatable bonds is 1. The molecule has 1 aliphatic carbocycles. The lowest BCUT2D eigenvalue weighted by molar-refractivity contribution is 0.409. The molecule has 0 saturated heterocycles. The maximum atomic E-state index is 13.4. The molecule has 0 amide bonds. The zero-order valence-corrected chi connectivity index (χ0v) is 10.9. The highest BCUT2D eigenvalue weighted by atomic mass is 19.1. The number of nitrogens with zero attached hydrogens (tertiary/aromatic N) is 1. The first-order valence-electron chi connectivity index (χ1n) is 6.60. The van der Waals surface area contributed by atoms with Gasteiger partial charge in [0.25, 0.3) is 0 Å². The number of hydrogen-bond acceptors (Lipinski definition) is 2. The summed E-state index contributed by atoms with van der Waals surface area (Å²) in [6.07, 6.45) is 4.71. The smallest absolute Gasteiger partial charge is 0.141 e. The second kappa shape index (κ2) is 4.42. The summed E-state index contributed by atoms with van der Waals surface area (Å²) < 4.78 is 13.4. The van der Waals surface area contributed by atoms with E-state index >= 15 is 0 Å². The predicted octanol–water partition coefficient (Wildman–Crippen LogP) is 3.32. The lowest BCUT2D eigenvalue weighted by atomic mass is 9.70. The van der Waals surface area contributed by atoms with E-state index in [2.05, 4.69) is 24.0 Å². The summed E-state index contributed by atoms with van der Waals surface area (Å²) in [5.74, 6) is 0.160. The fourth-order valence-electron chi connectivity index (χ4n) is 3.02. The van der Waals surface area contributed by atoms with Crippen LogP contribution in [0.4, 0.5) is 4.39 Å². The summed E-state index contributed by atoms with van der Waals surface area (Å²) in [6, 6.07) is 9.69. The van der Waals surface area contributed by atoms with Crippen molar-refractivity contribution in [2.45, 2.75) is 31.2 Å². The van der Waals surface area contributed by atoms with Crippen LogP contribution in [0.5, 0.6) is 0 Å². The van der Waals surface area contributed by atoms with Gasteiger partial charge in [-0.05, 0) is 41.5 Å². The zero-order chi connectivity index (χ0) is 13.5.